The molecule has 2 atom stereocenters. The lowest BCUT2D eigenvalue weighted by Crippen LogP contribution is -2.41. The summed E-state index contributed by atoms with van der Waals surface area (Å²) in [6.07, 6.45) is 1.95. The van der Waals surface area contributed by atoms with Crippen molar-refractivity contribution in [2.45, 2.75) is 43.2 Å². The van der Waals surface area contributed by atoms with Gasteiger partial charge >= 0.3 is 0 Å². The van der Waals surface area contributed by atoms with E-state index in [9.17, 15) is 8.42 Å². The molecule has 1 fully saturated rings. The summed E-state index contributed by atoms with van der Waals surface area (Å²) in [7, 11) is -3.50. The fourth-order valence-corrected chi connectivity index (χ4v) is 3.83. The summed E-state index contributed by atoms with van der Waals surface area (Å²) < 4.78 is 32.8. The maximum Gasteiger partial charge on any atom is 0.240 e. The predicted molar refractivity (Wildman–Crippen MR) is 85.7 cm³/mol. The molecule has 1 heterocycles. The molecule has 0 aromatic heterocycles. The van der Waals surface area contributed by atoms with Crippen LogP contribution in [-0.2, 0) is 21.2 Å². The van der Waals surface area contributed by atoms with E-state index >= 15 is 0 Å². The van der Waals surface area contributed by atoms with E-state index in [-0.39, 0.29) is 17.0 Å². The van der Waals surface area contributed by atoms with Crippen LogP contribution in [0.1, 0.15) is 25.3 Å². The third-order valence-corrected chi connectivity index (χ3v) is 5.10. The van der Waals surface area contributed by atoms with Gasteiger partial charge in [-0.1, -0.05) is 24.4 Å². The maximum absolute atomic E-state index is 12.3. The van der Waals surface area contributed by atoms with Gasteiger partial charge in [0.15, 0.2) is 0 Å². The molecule has 0 spiro atoms. The average Bonchev–Trinajstić information content (AvgIpc) is 2.38. The van der Waals surface area contributed by atoms with Crippen LogP contribution in [0.15, 0.2) is 29.2 Å². The molecule has 0 bridgehead atoms. The van der Waals surface area contributed by atoms with Crippen molar-refractivity contribution in [1.82, 2.24) is 4.72 Å². The van der Waals surface area contributed by atoms with Crippen molar-refractivity contribution in [3.05, 3.63) is 29.8 Å². The molecule has 0 radical (unpaired) electrons. The Morgan fingerprint density at radius 2 is 2.10 bits per heavy atom. The molecule has 0 saturated carbocycles. The van der Waals surface area contributed by atoms with Gasteiger partial charge in [-0.15, -0.1) is 0 Å². The van der Waals surface area contributed by atoms with Gasteiger partial charge in [0.05, 0.1) is 16.0 Å². The van der Waals surface area contributed by atoms with Crippen molar-refractivity contribution in [2.75, 3.05) is 6.61 Å². The monoisotopic (exact) mass is 328 g/mol. The summed E-state index contributed by atoms with van der Waals surface area (Å²) in [4.78, 5) is 0.647. The Balaban J connectivity index is 2.06. The lowest BCUT2D eigenvalue weighted by atomic mass is 10.1. The lowest BCUT2D eigenvalue weighted by Gasteiger charge is -2.27. The Morgan fingerprint density at radius 3 is 2.67 bits per heavy atom. The van der Waals surface area contributed by atoms with Crippen LogP contribution in [0.4, 0.5) is 0 Å². The zero-order chi connectivity index (χ0) is 15.5. The van der Waals surface area contributed by atoms with E-state index in [4.69, 9.17) is 22.7 Å². The minimum atomic E-state index is -3.50. The van der Waals surface area contributed by atoms with Gasteiger partial charge in [0, 0.05) is 19.1 Å². The summed E-state index contributed by atoms with van der Waals surface area (Å²) in [5.74, 6) is 0. The molecule has 7 heteroatoms. The first-order chi connectivity index (χ1) is 9.87. The van der Waals surface area contributed by atoms with Crippen molar-refractivity contribution in [1.29, 1.82) is 0 Å². The molecular weight excluding hydrogens is 308 g/mol. The fourth-order valence-electron chi connectivity index (χ4n) is 2.38. The number of nitrogens with one attached hydrogen (secondary N) is 1. The summed E-state index contributed by atoms with van der Waals surface area (Å²) in [5.41, 5.74) is 6.38. The van der Waals surface area contributed by atoms with E-state index in [1.807, 2.05) is 6.92 Å². The highest BCUT2D eigenvalue weighted by atomic mass is 32.2. The number of nitrogens with two attached hydrogens (primary N) is 1. The molecule has 116 valence electrons. The quantitative estimate of drug-likeness (QED) is 0.798. The molecule has 21 heavy (non-hydrogen) atoms. The second kappa shape index (κ2) is 6.83. The van der Waals surface area contributed by atoms with Crippen molar-refractivity contribution in [3.8, 4) is 0 Å². The largest absolute Gasteiger partial charge is 0.393 e. The van der Waals surface area contributed by atoms with Crippen molar-refractivity contribution in [3.63, 3.8) is 0 Å². The highest BCUT2D eigenvalue weighted by molar-refractivity contribution is 7.89. The molecule has 1 aliphatic heterocycles. The standard InChI is InChI=1S/C14H20N2O3S2/c1-10-8-12(6-7-19-10)16-21(17,18)13-4-2-11(3-5-13)9-14(15)20/h2-5,10,12,16H,6-9H2,1H3,(H2,15,20). The second-order valence-electron chi connectivity index (χ2n) is 5.31. The van der Waals surface area contributed by atoms with Crippen molar-refractivity contribution < 1.29 is 13.2 Å². The van der Waals surface area contributed by atoms with Gasteiger partial charge in [0.1, 0.15) is 0 Å². The Labute approximate surface area is 130 Å². The number of hydrogen-bond donors (Lipinski definition) is 2. The highest BCUT2D eigenvalue weighted by Gasteiger charge is 2.24. The zero-order valence-electron chi connectivity index (χ0n) is 11.9. The van der Waals surface area contributed by atoms with Gasteiger partial charge < -0.3 is 10.5 Å². The molecule has 1 aromatic rings. The first-order valence-electron chi connectivity index (χ1n) is 6.88. The van der Waals surface area contributed by atoms with Crippen LogP contribution in [0.3, 0.4) is 0 Å². The minimum Gasteiger partial charge on any atom is -0.393 e. The van der Waals surface area contributed by atoms with E-state index in [0.717, 1.165) is 5.56 Å². The average molecular weight is 328 g/mol. The van der Waals surface area contributed by atoms with Gasteiger partial charge in [0.25, 0.3) is 0 Å². The zero-order valence-corrected chi connectivity index (χ0v) is 13.5. The molecule has 5 nitrogen and oxygen atoms in total. The SMILES string of the molecule is CC1CC(NS(=O)(=O)c2ccc(CC(N)=S)cc2)CCO1. The smallest absolute Gasteiger partial charge is 0.240 e. The van der Waals surface area contributed by atoms with E-state index in [1.165, 1.54) is 0 Å². The first-order valence-corrected chi connectivity index (χ1v) is 8.77. The molecule has 2 rings (SSSR count). The van der Waals surface area contributed by atoms with Crippen LogP contribution >= 0.6 is 12.2 Å². The van der Waals surface area contributed by atoms with E-state index in [1.54, 1.807) is 24.3 Å². The predicted octanol–water partition coefficient (Wildman–Crippen LogP) is 1.36. The van der Waals surface area contributed by atoms with Gasteiger partial charge in [-0.25, -0.2) is 13.1 Å². The first kappa shape index (κ1) is 16.4. The minimum absolute atomic E-state index is 0.0740. The number of thiocarbonyl (C=S) groups is 1. The van der Waals surface area contributed by atoms with Gasteiger partial charge in [-0.3, -0.25) is 0 Å². The van der Waals surface area contributed by atoms with Crippen LogP contribution < -0.4 is 10.5 Å². The van der Waals surface area contributed by atoms with E-state index < -0.39 is 10.0 Å². The van der Waals surface area contributed by atoms with Crippen LogP contribution in [0.25, 0.3) is 0 Å². The fraction of sp³-hybridized carbons (Fsp3) is 0.500. The molecular formula is C14H20N2O3S2. The Bertz CT molecular complexity index is 599. The molecule has 2 unspecified atom stereocenters. The topological polar surface area (TPSA) is 81.4 Å². The molecule has 1 saturated heterocycles. The molecule has 1 aliphatic rings. The van der Waals surface area contributed by atoms with E-state index in [0.29, 0.717) is 30.9 Å². The number of hydrogen-bond acceptors (Lipinski definition) is 4. The molecule has 0 amide bonds. The van der Waals surface area contributed by atoms with Crippen molar-refractivity contribution >= 4 is 27.2 Å². The Kier molecular flexibility index (Phi) is 5.32. The van der Waals surface area contributed by atoms with Crippen LogP contribution in [0.5, 0.6) is 0 Å². The highest BCUT2D eigenvalue weighted by Crippen LogP contribution is 2.17. The summed E-state index contributed by atoms with van der Waals surface area (Å²) >= 11 is 4.84. The lowest BCUT2D eigenvalue weighted by molar-refractivity contribution is 0.0173. The summed E-state index contributed by atoms with van der Waals surface area (Å²) in [6.45, 7) is 2.53. The second-order valence-corrected chi connectivity index (χ2v) is 7.55. The third kappa shape index (κ3) is 4.74. The number of ether oxygens (including phenoxy) is 1. The van der Waals surface area contributed by atoms with Gasteiger partial charge in [-0.2, -0.15) is 0 Å². The summed E-state index contributed by atoms with van der Waals surface area (Å²) in [6, 6.07) is 6.56. The molecule has 3 N–H and O–H groups in total. The number of rotatable bonds is 5. The van der Waals surface area contributed by atoms with Gasteiger partial charge in [0.2, 0.25) is 10.0 Å². The summed E-state index contributed by atoms with van der Waals surface area (Å²) in [5, 5.41) is 0. The van der Waals surface area contributed by atoms with Crippen LogP contribution in [0, 0.1) is 0 Å². The normalized spacial score (nSPS) is 22.9. The van der Waals surface area contributed by atoms with Crippen LogP contribution in [-0.4, -0.2) is 32.2 Å². The maximum atomic E-state index is 12.3. The number of sulfonamides is 1. The van der Waals surface area contributed by atoms with E-state index in [2.05, 4.69) is 4.72 Å². The third-order valence-electron chi connectivity index (χ3n) is 3.42. The van der Waals surface area contributed by atoms with Gasteiger partial charge in [-0.05, 0) is 37.5 Å². The van der Waals surface area contributed by atoms with Crippen LogP contribution in [0.2, 0.25) is 0 Å². The Hall–Kier alpha value is -1.02. The molecule has 0 aliphatic carbocycles. The number of benzene rings is 1. The van der Waals surface area contributed by atoms with Crippen molar-refractivity contribution in [2.24, 2.45) is 5.73 Å². The Morgan fingerprint density at radius 1 is 1.43 bits per heavy atom. The molecule has 1 aromatic carbocycles.